The lowest BCUT2D eigenvalue weighted by Crippen LogP contribution is -2.24. The number of hydrogen-bond acceptors (Lipinski definition) is 8. The number of carbonyl (C=O) groups is 1. The number of rotatable bonds is 7. The Labute approximate surface area is 151 Å². The van der Waals surface area contributed by atoms with E-state index < -0.39 is 0 Å². The molecule has 1 atom stereocenters. The molecule has 0 radical (unpaired) electrons. The Morgan fingerprint density at radius 2 is 2.17 bits per heavy atom. The van der Waals surface area contributed by atoms with Crippen molar-refractivity contribution in [2.45, 2.75) is 35.1 Å². The predicted molar refractivity (Wildman–Crippen MR) is 98.9 cm³/mol. The van der Waals surface area contributed by atoms with E-state index in [1.165, 1.54) is 23.1 Å². The fraction of sp³-hybridized carbons (Fsp3) is 0.333. The van der Waals surface area contributed by atoms with Crippen LogP contribution in [0.4, 0.5) is 5.13 Å². The van der Waals surface area contributed by atoms with E-state index in [2.05, 4.69) is 27.4 Å². The number of nitrogens with one attached hydrogen (secondary N) is 1. The molecule has 0 fully saturated rings. The van der Waals surface area contributed by atoms with Gasteiger partial charge in [0.15, 0.2) is 9.92 Å². The van der Waals surface area contributed by atoms with Gasteiger partial charge in [0.05, 0.1) is 5.25 Å². The fourth-order valence-electron chi connectivity index (χ4n) is 1.97. The molecule has 0 saturated carbocycles. The number of carbonyl (C=O) groups excluding carboxylic acids is 1. The van der Waals surface area contributed by atoms with Gasteiger partial charge in [-0.3, -0.25) is 10.1 Å². The van der Waals surface area contributed by atoms with Crippen LogP contribution in [-0.4, -0.2) is 32.1 Å². The minimum atomic E-state index is -0.302. The van der Waals surface area contributed by atoms with Crippen LogP contribution in [0.3, 0.4) is 0 Å². The normalized spacial score (nSPS) is 12.4. The molecule has 2 aromatic heterocycles. The summed E-state index contributed by atoms with van der Waals surface area (Å²) in [5.41, 5.74) is 1.52. The van der Waals surface area contributed by atoms with Crippen LogP contribution in [-0.2, 0) is 4.79 Å². The fourth-order valence-corrected chi connectivity index (χ4v) is 4.49. The van der Waals surface area contributed by atoms with Crippen molar-refractivity contribution in [1.82, 2.24) is 15.2 Å². The maximum atomic E-state index is 12.5. The summed E-state index contributed by atoms with van der Waals surface area (Å²) in [5.74, 6) is 0.808. The van der Waals surface area contributed by atoms with E-state index in [0.717, 1.165) is 21.2 Å². The van der Waals surface area contributed by atoms with Crippen LogP contribution in [0.1, 0.15) is 20.3 Å². The quantitative estimate of drug-likeness (QED) is 0.483. The van der Waals surface area contributed by atoms with Crippen LogP contribution >= 0.6 is 34.9 Å². The second kappa shape index (κ2) is 8.00. The number of oxazole rings is 1. The maximum absolute atomic E-state index is 12.5. The van der Waals surface area contributed by atoms with Crippen LogP contribution in [0.5, 0.6) is 0 Å². The summed E-state index contributed by atoms with van der Waals surface area (Å²) in [6, 6.07) is 7.55. The van der Waals surface area contributed by atoms with Gasteiger partial charge in [0.2, 0.25) is 11.0 Å². The Bertz CT molecular complexity index is 800. The lowest BCUT2D eigenvalue weighted by atomic mass is 10.3. The summed E-state index contributed by atoms with van der Waals surface area (Å²) in [6.07, 6.45) is 0.657. The highest BCUT2D eigenvalue weighted by Gasteiger charge is 2.22. The zero-order valence-electron chi connectivity index (χ0n) is 13.2. The molecule has 0 aliphatic rings. The highest BCUT2D eigenvalue weighted by atomic mass is 32.2. The number of anilines is 1. The van der Waals surface area contributed by atoms with E-state index in [9.17, 15) is 4.79 Å². The predicted octanol–water partition coefficient (Wildman–Crippen LogP) is 4.30. The Balaban J connectivity index is 1.66. The van der Waals surface area contributed by atoms with Gasteiger partial charge < -0.3 is 4.42 Å². The molecule has 0 aliphatic heterocycles. The molecule has 1 N–H and O–H groups in total. The molecule has 9 heteroatoms. The van der Waals surface area contributed by atoms with E-state index in [1.807, 2.05) is 31.2 Å². The number of thioether (sulfide) groups is 2. The van der Waals surface area contributed by atoms with Gasteiger partial charge in [-0.25, -0.2) is 4.98 Å². The van der Waals surface area contributed by atoms with Crippen molar-refractivity contribution >= 4 is 57.0 Å². The average molecular weight is 381 g/mol. The summed E-state index contributed by atoms with van der Waals surface area (Å²) < 4.78 is 6.53. The second-order valence-corrected chi connectivity index (χ2v) is 8.40. The zero-order chi connectivity index (χ0) is 16.9. The summed E-state index contributed by atoms with van der Waals surface area (Å²) in [7, 11) is 0. The Kier molecular flexibility index (Phi) is 5.75. The van der Waals surface area contributed by atoms with Gasteiger partial charge in [0.1, 0.15) is 5.52 Å². The first-order valence-corrected chi connectivity index (χ1v) is 10.2. The van der Waals surface area contributed by atoms with Crippen LogP contribution in [0.2, 0.25) is 0 Å². The summed E-state index contributed by atoms with van der Waals surface area (Å²) in [6.45, 7) is 4.01. The third kappa shape index (κ3) is 4.08. The monoisotopic (exact) mass is 380 g/mol. The minimum absolute atomic E-state index is 0.117. The third-order valence-corrected chi connectivity index (χ3v) is 6.15. The number of benzene rings is 1. The number of amides is 1. The zero-order valence-corrected chi connectivity index (χ0v) is 15.6. The van der Waals surface area contributed by atoms with Gasteiger partial charge in [-0.05, 0) is 24.3 Å². The van der Waals surface area contributed by atoms with Crippen LogP contribution in [0.15, 0.2) is 38.2 Å². The van der Waals surface area contributed by atoms with E-state index in [0.29, 0.717) is 16.8 Å². The van der Waals surface area contributed by atoms with Gasteiger partial charge in [-0.15, -0.1) is 10.2 Å². The van der Waals surface area contributed by atoms with Crippen molar-refractivity contribution in [2.75, 3.05) is 11.1 Å². The summed E-state index contributed by atoms with van der Waals surface area (Å²) >= 11 is 4.31. The molecule has 6 nitrogen and oxygen atoms in total. The highest BCUT2D eigenvalue weighted by Crippen LogP contribution is 2.30. The standard InChI is InChI=1S/C15H16N4O2S3/c1-3-11(12(20)17-13-18-19-15(24-13)22-4-2)23-14-16-9-7-5-6-8-10(9)21-14/h5-8,11H,3-4H2,1-2H3,(H,17,18,20). The molecular weight excluding hydrogens is 364 g/mol. The lowest BCUT2D eigenvalue weighted by Gasteiger charge is -2.10. The molecule has 3 rings (SSSR count). The number of hydrogen-bond donors (Lipinski definition) is 1. The van der Waals surface area contributed by atoms with Crippen LogP contribution in [0.25, 0.3) is 11.1 Å². The molecular formula is C15H16N4O2S3. The van der Waals surface area contributed by atoms with Crippen molar-refractivity contribution in [2.24, 2.45) is 0 Å². The molecule has 0 spiro atoms. The largest absolute Gasteiger partial charge is 0.431 e. The molecule has 0 saturated heterocycles. The van der Waals surface area contributed by atoms with E-state index >= 15 is 0 Å². The lowest BCUT2D eigenvalue weighted by molar-refractivity contribution is -0.115. The number of nitrogens with zero attached hydrogens (tertiary/aromatic N) is 3. The Morgan fingerprint density at radius 3 is 2.92 bits per heavy atom. The second-order valence-electron chi connectivity index (χ2n) is 4.76. The van der Waals surface area contributed by atoms with Crippen molar-refractivity contribution in [3.8, 4) is 0 Å². The number of para-hydroxylation sites is 2. The molecule has 1 aromatic carbocycles. The molecule has 2 heterocycles. The smallest absolute Gasteiger partial charge is 0.257 e. The van der Waals surface area contributed by atoms with E-state index in [4.69, 9.17) is 4.42 Å². The van der Waals surface area contributed by atoms with Crippen molar-refractivity contribution in [1.29, 1.82) is 0 Å². The topological polar surface area (TPSA) is 80.9 Å². The van der Waals surface area contributed by atoms with Crippen LogP contribution < -0.4 is 5.32 Å². The Morgan fingerprint density at radius 1 is 1.33 bits per heavy atom. The van der Waals surface area contributed by atoms with Gasteiger partial charge in [0.25, 0.3) is 5.22 Å². The van der Waals surface area contributed by atoms with Crippen molar-refractivity contribution < 1.29 is 9.21 Å². The van der Waals surface area contributed by atoms with Gasteiger partial charge >= 0.3 is 0 Å². The van der Waals surface area contributed by atoms with Crippen LogP contribution in [0, 0.1) is 0 Å². The van der Waals surface area contributed by atoms with E-state index in [-0.39, 0.29) is 11.2 Å². The molecule has 3 aromatic rings. The number of aromatic nitrogens is 3. The van der Waals surface area contributed by atoms with Crippen molar-refractivity contribution in [3.05, 3.63) is 24.3 Å². The van der Waals surface area contributed by atoms with Gasteiger partial charge in [0, 0.05) is 0 Å². The molecule has 1 unspecified atom stereocenters. The molecule has 24 heavy (non-hydrogen) atoms. The number of fused-ring (bicyclic) bond motifs is 1. The molecule has 0 aliphatic carbocycles. The molecule has 126 valence electrons. The Hall–Kier alpha value is -1.58. The van der Waals surface area contributed by atoms with Gasteiger partial charge in [-0.2, -0.15) is 0 Å². The maximum Gasteiger partial charge on any atom is 0.257 e. The molecule has 1 amide bonds. The average Bonchev–Trinajstić information content (AvgIpc) is 3.18. The molecule has 0 bridgehead atoms. The first-order valence-electron chi connectivity index (χ1n) is 7.49. The van der Waals surface area contributed by atoms with Crippen molar-refractivity contribution in [3.63, 3.8) is 0 Å². The highest BCUT2D eigenvalue weighted by molar-refractivity contribution is 8.01. The van der Waals surface area contributed by atoms with E-state index in [1.54, 1.807) is 11.8 Å². The first kappa shape index (κ1) is 17.2. The minimum Gasteiger partial charge on any atom is -0.431 e. The third-order valence-electron chi connectivity index (χ3n) is 3.08. The summed E-state index contributed by atoms with van der Waals surface area (Å²) in [5, 5.41) is 11.6. The summed E-state index contributed by atoms with van der Waals surface area (Å²) in [4.78, 5) is 16.9. The first-order chi connectivity index (χ1) is 11.7. The SMILES string of the molecule is CCSc1nnc(NC(=O)C(CC)Sc2nc3ccccc3o2)s1. The van der Waals surface area contributed by atoms with Gasteiger partial charge in [-0.1, -0.05) is 60.8 Å².